The molecule has 0 aliphatic carbocycles. The molecule has 1 saturated heterocycles. The van der Waals surface area contributed by atoms with Crippen molar-refractivity contribution >= 4 is 5.91 Å². The van der Waals surface area contributed by atoms with Crippen molar-refractivity contribution in [3.05, 3.63) is 42.4 Å². The summed E-state index contributed by atoms with van der Waals surface area (Å²) in [6.45, 7) is 4.01. The summed E-state index contributed by atoms with van der Waals surface area (Å²) in [6, 6.07) is 5.69. The van der Waals surface area contributed by atoms with Crippen LogP contribution in [0.3, 0.4) is 0 Å². The molecule has 5 nitrogen and oxygen atoms in total. The molecule has 2 aliphatic heterocycles. The van der Waals surface area contributed by atoms with Gasteiger partial charge in [0.15, 0.2) is 6.61 Å². The summed E-state index contributed by atoms with van der Waals surface area (Å²) < 4.78 is 23.9. The number of amides is 1. The van der Waals surface area contributed by atoms with E-state index < -0.39 is 0 Å². The minimum atomic E-state index is -0.317. The second kappa shape index (κ2) is 8.15. The lowest BCUT2D eigenvalue weighted by Crippen LogP contribution is -2.51. The van der Waals surface area contributed by atoms with Gasteiger partial charge in [-0.15, -0.1) is 0 Å². The first-order chi connectivity index (χ1) is 11.7. The van der Waals surface area contributed by atoms with Crippen molar-refractivity contribution in [1.29, 1.82) is 0 Å². The third kappa shape index (κ3) is 4.71. The number of benzene rings is 1. The molecule has 3 rings (SSSR count). The molecule has 2 aliphatic rings. The lowest BCUT2D eigenvalue weighted by molar-refractivity contribution is -0.135. The van der Waals surface area contributed by atoms with Gasteiger partial charge in [-0.05, 0) is 43.2 Å². The number of carbonyl (C=O) groups is 1. The molecule has 130 valence electrons. The summed E-state index contributed by atoms with van der Waals surface area (Å²) in [4.78, 5) is 16.4. The minimum Gasteiger partial charge on any atom is -0.497 e. The number of allylic oxidation sites excluding steroid dienone is 1. The molecule has 2 heterocycles. The van der Waals surface area contributed by atoms with Crippen molar-refractivity contribution in [2.45, 2.75) is 18.9 Å². The molecule has 0 N–H and O–H groups in total. The Morgan fingerprint density at radius 3 is 2.62 bits per heavy atom. The van der Waals surface area contributed by atoms with Gasteiger partial charge in [0.1, 0.15) is 17.7 Å². The summed E-state index contributed by atoms with van der Waals surface area (Å²) in [7, 11) is 0. The maximum atomic E-state index is 12.8. The third-order valence-corrected chi connectivity index (χ3v) is 4.39. The van der Waals surface area contributed by atoms with Crippen LogP contribution in [0.5, 0.6) is 5.75 Å². The number of halogens is 1. The van der Waals surface area contributed by atoms with Gasteiger partial charge in [0.2, 0.25) is 0 Å². The highest BCUT2D eigenvalue weighted by Crippen LogP contribution is 2.14. The van der Waals surface area contributed by atoms with E-state index >= 15 is 0 Å². The fourth-order valence-corrected chi connectivity index (χ4v) is 2.95. The van der Waals surface area contributed by atoms with Gasteiger partial charge < -0.3 is 14.4 Å². The summed E-state index contributed by atoms with van der Waals surface area (Å²) in [5.74, 6) is 0.156. The molecule has 24 heavy (non-hydrogen) atoms. The standard InChI is InChI=1S/C18H23FN2O3/c19-15-4-6-16(7-5-15)24-14-18(22)21-10-8-20(9-11-21)13-17-3-1-2-12-23-17/h2,4-7,12,17H,1,3,8-11,13-14H2/t17-/m1/s1. The molecule has 1 aromatic carbocycles. The average molecular weight is 334 g/mol. The summed E-state index contributed by atoms with van der Waals surface area (Å²) in [6.07, 6.45) is 6.24. The molecule has 0 radical (unpaired) electrons. The Bertz CT molecular complexity index is 568. The van der Waals surface area contributed by atoms with Gasteiger partial charge in [-0.25, -0.2) is 4.39 Å². The maximum Gasteiger partial charge on any atom is 0.260 e. The Hall–Kier alpha value is -2.08. The quantitative estimate of drug-likeness (QED) is 0.826. The number of nitrogens with zero attached hydrogens (tertiary/aromatic N) is 2. The summed E-state index contributed by atoms with van der Waals surface area (Å²) in [5.41, 5.74) is 0. The molecular weight excluding hydrogens is 311 g/mol. The van der Waals surface area contributed by atoms with E-state index in [4.69, 9.17) is 9.47 Å². The maximum absolute atomic E-state index is 12.8. The number of ether oxygens (including phenoxy) is 2. The highest BCUT2D eigenvalue weighted by Gasteiger charge is 2.24. The molecule has 1 aromatic rings. The average Bonchev–Trinajstić information content (AvgIpc) is 2.62. The number of hydrogen-bond donors (Lipinski definition) is 0. The van der Waals surface area contributed by atoms with Gasteiger partial charge in [-0.3, -0.25) is 9.69 Å². The number of rotatable bonds is 5. The van der Waals surface area contributed by atoms with Crippen LogP contribution < -0.4 is 4.74 Å². The SMILES string of the molecule is O=C(COc1ccc(F)cc1)N1CCN(C[C@H]2CCC=CO2)CC1. The van der Waals surface area contributed by atoms with Crippen LogP contribution in [-0.2, 0) is 9.53 Å². The van der Waals surface area contributed by atoms with E-state index in [1.807, 2.05) is 11.0 Å². The van der Waals surface area contributed by atoms with E-state index in [-0.39, 0.29) is 24.4 Å². The second-order valence-corrected chi connectivity index (χ2v) is 6.13. The Morgan fingerprint density at radius 2 is 1.96 bits per heavy atom. The monoisotopic (exact) mass is 334 g/mol. The van der Waals surface area contributed by atoms with Crippen LogP contribution in [0.4, 0.5) is 4.39 Å². The molecular formula is C18H23FN2O3. The summed E-state index contributed by atoms with van der Waals surface area (Å²) in [5, 5.41) is 0. The van der Waals surface area contributed by atoms with E-state index in [0.717, 1.165) is 32.5 Å². The van der Waals surface area contributed by atoms with E-state index in [1.165, 1.54) is 24.3 Å². The zero-order valence-electron chi connectivity index (χ0n) is 13.7. The Balaban J connectivity index is 1.38. The van der Waals surface area contributed by atoms with E-state index in [2.05, 4.69) is 4.90 Å². The van der Waals surface area contributed by atoms with Crippen molar-refractivity contribution in [1.82, 2.24) is 9.80 Å². The minimum absolute atomic E-state index is 0.0117. The summed E-state index contributed by atoms with van der Waals surface area (Å²) >= 11 is 0. The molecule has 1 fully saturated rings. The number of hydrogen-bond acceptors (Lipinski definition) is 4. The first kappa shape index (κ1) is 16.8. The fraction of sp³-hybridized carbons (Fsp3) is 0.500. The van der Waals surface area contributed by atoms with E-state index in [0.29, 0.717) is 18.8 Å². The van der Waals surface area contributed by atoms with Crippen molar-refractivity contribution in [3.8, 4) is 5.75 Å². The highest BCUT2D eigenvalue weighted by atomic mass is 19.1. The molecule has 0 aromatic heterocycles. The second-order valence-electron chi connectivity index (χ2n) is 6.13. The van der Waals surface area contributed by atoms with Crippen molar-refractivity contribution < 1.29 is 18.7 Å². The highest BCUT2D eigenvalue weighted by molar-refractivity contribution is 5.77. The Labute approximate surface area is 141 Å². The number of piperazine rings is 1. The van der Waals surface area contributed by atoms with Crippen LogP contribution >= 0.6 is 0 Å². The lowest BCUT2D eigenvalue weighted by Gasteiger charge is -2.36. The molecule has 0 spiro atoms. The van der Waals surface area contributed by atoms with Gasteiger partial charge in [-0.2, -0.15) is 0 Å². The largest absolute Gasteiger partial charge is 0.497 e. The molecule has 0 unspecified atom stereocenters. The van der Waals surface area contributed by atoms with Crippen molar-refractivity contribution in [3.63, 3.8) is 0 Å². The predicted octanol–water partition coefficient (Wildman–Crippen LogP) is 2.04. The zero-order chi connectivity index (χ0) is 16.8. The Morgan fingerprint density at radius 1 is 1.21 bits per heavy atom. The van der Waals surface area contributed by atoms with E-state index in [9.17, 15) is 9.18 Å². The van der Waals surface area contributed by atoms with E-state index in [1.54, 1.807) is 6.26 Å². The van der Waals surface area contributed by atoms with Crippen molar-refractivity contribution in [2.75, 3.05) is 39.3 Å². The van der Waals surface area contributed by atoms with Gasteiger partial charge >= 0.3 is 0 Å². The van der Waals surface area contributed by atoms with Crippen LogP contribution in [0.15, 0.2) is 36.6 Å². The topological polar surface area (TPSA) is 42.0 Å². The normalized spacial score (nSPS) is 21.4. The van der Waals surface area contributed by atoms with Gasteiger partial charge in [0.25, 0.3) is 5.91 Å². The molecule has 1 atom stereocenters. The molecule has 6 heteroatoms. The Kier molecular flexibility index (Phi) is 5.69. The fourth-order valence-electron chi connectivity index (χ4n) is 2.95. The smallest absolute Gasteiger partial charge is 0.260 e. The van der Waals surface area contributed by atoms with Gasteiger partial charge in [0.05, 0.1) is 6.26 Å². The van der Waals surface area contributed by atoms with Gasteiger partial charge in [-0.1, -0.05) is 0 Å². The molecule has 1 amide bonds. The third-order valence-electron chi connectivity index (χ3n) is 4.39. The van der Waals surface area contributed by atoms with Crippen LogP contribution in [0, 0.1) is 5.82 Å². The molecule has 0 bridgehead atoms. The first-order valence-electron chi connectivity index (χ1n) is 8.40. The molecule has 0 saturated carbocycles. The van der Waals surface area contributed by atoms with Gasteiger partial charge in [0, 0.05) is 32.7 Å². The van der Waals surface area contributed by atoms with Crippen LogP contribution in [0.2, 0.25) is 0 Å². The number of carbonyl (C=O) groups excluding carboxylic acids is 1. The van der Waals surface area contributed by atoms with Crippen LogP contribution in [0.25, 0.3) is 0 Å². The van der Waals surface area contributed by atoms with Crippen LogP contribution in [0.1, 0.15) is 12.8 Å². The zero-order valence-corrected chi connectivity index (χ0v) is 13.7. The predicted molar refractivity (Wildman–Crippen MR) is 88.2 cm³/mol. The van der Waals surface area contributed by atoms with Crippen LogP contribution in [-0.4, -0.2) is 61.1 Å². The van der Waals surface area contributed by atoms with Crippen molar-refractivity contribution in [2.24, 2.45) is 0 Å². The first-order valence-corrected chi connectivity index (χ1v) is 8.40. The lowest BCUT2D eigenvalue weighted by atomic mass is 10.1.